The molecule has 0 unspecified atom stereocenters. The number of carbonyl (C=O) groups is 3. The fourth-order valence-electron chi connectivity index (χ4n) is 2.75. The maximum Gasteiger partial charge on any atom is 0.262 e. The lowest BCUT2D eigenvalue weighted by molar-refractivity contribution is -0.118. The van der Waals surface area contributed by atoms with Crippen LogP contribution in [0, 0.1) is 0 Å². The van der Waals surface area contributed by atoms with E-state index in [1.165, 1.54) is 0 Å². The third-order valence-corrected chi connectivity index (χ3v) is 4.20. The first-order chi connectivity index (χ1) is 12.1. The van der Waals surface area contributed by atoms with Crippen molar-refractivity contribution in [3.63, 3.8) is 0 Å². The molecule has 25 heavy (non-hydrogen) atoms. The summed E-state index contributed by atoms with van der Waals surface area (Å²) in [4.78, 5) is 36.7. The molecule has 2 aliphatic rings. The fourth-order valence-corrected chi connectivity index (χ4v) is 2.75. The summed E-state index contributed by atoms with van der Waals surface area (Å²) < 4.78 is 5.30. The van der Waals surface area contributed by atoms with Gasteiger partial charge in [-0.25, -0.2) is 0 Å². The Morgan fingerprint density at radius 2 is 1.84 bits per heavy atom. The Hall–Kier alpha value is -3.15. The normalized spacial score (nSPS) is 15.6. The molecule has 2 aromatic carbocycles. The van der Waals surface area contributed by atoms with Crippen LogP contribution >= 0.6 is 0 Å². The van der Waals surface area contributed by atoms with Crippen LogP contribution in [-0.2, 0) is 4.79 Å². The number of rotatable bonds is 4. The predicted octanol–water partition coefficient (Wildman–Crippen LogP) is 2.14. The summed E-state index contributed by atoms with van der Waals surface area (Å²) in [5.74, 6) is -0.248. The van der Waals surface area contributed by atoms with E-state index in [4.69, 9.17) is 4.74 Å². The Kier molecular flexibility index (Phi) is 3.72. The van der Waals surface area contributed by atoms with Crippen molar-refractivity contribution in [2.45, 2.75) is 18.9 Å². The molecule has 1 saturated carbocycles. The number of hydrogen-bond acceptors (Lipinski definition) is 4. The first kappa shape index (κ1) is 15.4. The minimum absolute atomic E-state index is 0.0372. The largest absolute Gasteiger partial charge is 0.482 e. The summed E-state index contributed by atoms with van der Waals surface area (Å²) in [7, 11) is 0. The molecule has 0 radical (unpaired) electrons. The molecule has 1 aliphatic heterocycles. The van der Waals surface area contributed by atoms with E-state index in [9.17, 15) is 14.4 Å². The van der Waals surface area contributed by atoms with Gasteiger partial charge in [0.2, 0.25) is 0 Å². The molecule has 1 fully saturated rings. The molecule has 6 nitrogen and oxygen atoms in total. The van der Waals surface area contributed by atoms with Crippen LogP contribution in [0.5, 0.6) is 5.75 Å². The SMILES string of the molecule is O=C1COc2ccc(C(=O)c3ccccc3C(=O)NC3CC3)cc2N1. The van der Waals surface area contributed by atoms with Crippen molar-refractivity contribution >= 4 is 23.3 Å². The highest BCUT2D eigenvalue weighted by molar-refractivity contribution is 6.16. The Morgan fingerprint density at radius 1 is 1.08 bits per heavy atom. The maximum atomic E-state index is 12.9. The zero-order valence-corrected chi connectivity index (χ0v) is 13.4. The maximum absolute atomic E-state index is 12.9. The highest BCUT2D eigenvalue weighted by Gasteiger charge is 2.26. The molecule has 2 aromatic rings. The van der Waals surface area contributed by atoms with Gasteiger partial charge in [0, 0.05) is 17.2 Å². The smallest absolute Gasteiger partial charge is 0.262 e. The molecular weight excluding hydrogens is 320 g/mol. The van der Waals surface area contributed by atoms with Crippen LogP contribution in [0.3, 0.4) is 0 Å². The standard InChI is InChI=1S/C19H16N2O4/c22-17-10-25-16-8-5-11(9-15(16)21-17)18(23)13-3-1-2-4-14(13)19(24)20-12-6-7-12/h1-5,8-9,12H,6-7,10H2,(H,20,24)(H,21,22). The van der Waals surface area contributed by atoms with Gasteiger partial charge in [-0.2, -0.15) is 0 Å². The molecular formula is C19H16N2O4. The zero-order valence-electron chi connectivity index (χ0n) is 13.4. The monoisotopic (exact) mass is 336 g/mol. The molecule has 0 saturated heterocycles. The van der Waals surface area contributed by atoms with Gasteiger partial charge in [0.1, 0.15) is 5.75 Å². The summed E-state index contributed by atoms with van der Waals surface area (Å²) in [6.45, 7) is -0.0372. The first-order valence-corrected chi connectivity index (χ1v) is 8.13. The topological polar surface area (TPSA) is 84.5 Å². The molecule has 6 heteroatoms. The molecule has 0 aromatic heterocycles. The highest BCUT2D eigenvalue weighted by atomic mass is 16.5. The van der Waals surface area contributed by atoms with Gasteiger partial charge in [-0.05, 0) is 37.1 Å². The number of nitrogens with one attached hydrogen (secondary N) is 2. The van der Waals surface area contributed by atoms with Crippen molar-refractivity contribution in [1.29, 1.82) is 0 Å². The molecule has 2 amide bonds. The lowest BCUT2D eigenvalue weighted by Gasteiger charge is -2.18. The number of anilines is 1. The van der Waals surface area contributed by atoms with Crippen molar-refractivity contribution in [2.75, 3.05) is 11.9 Å². The van der Waals surface area contributed by atoms with Gasteiger partial charge in [-0.15, -0.1) is 0 Å². The van der Waals surface area contributed by atoms with Crippen molar-refractivity contribution in [3.8, 4) is 5.75 Å². The van der Waals surface area contributed by atoms with E-state index < -0.39 is 0 Å². The van der Waals surface area contributed by atoms with E-state index in [0.29, 0.717) is 28.1 Å². The Bertz CT molecular complexity index is 887. The second kappa shape index (κ2) is 6.05. The number of fused-ring (bicyclic) bond motifs is 1. The van der Waals surface area contributed by atoms with Crippen LogP contribution in [-0.4, -0.2) is 30.2 Å². The quantitative estimate of drug-likeness (QED) is 0.838. The van der Waals surface area contributed by atoms with Gasteiger partial charge in [-0.3, -0.25) is 14.4 Å². The molecule has 0 bridgehead atoms. The van der Waals surface area contributed by atoms with E-state index in [1.54, 1.807) is 42.5 Å². The summed E-state index contributed by atoms with van der Waals surface area (Å²) in [6, 6.07) is 11.8. The highest BCUT2D eigenvalue weighted by Crippen LogP contribution is 2.29. The van der Waals surface area contributed by atoms with Crippen LogP contribution < -0.4 is 15.4 Å². The molecule has 4 rings (SSSR count). The second-order valence-corrected chi connectivity index (χ2v) is 6.17. The van der Waals surface area contributed by atoms with Gasteiger partial charge in [0.25, 0.3) is 11.8 Å². The van der Waals surface area contributed by atoms with Gasteiger partial charge >= 0.3 is 0 Å². The number of amides is 2. The number of ether oxygens (including phenoxy) is 1. The zero-order chi connectivity index (χ0) is 17.4. The Labute approximate surface area is 144 Å². The number of benzene rings is 2. The summed E-state index contributed by atoms with van der Waals surface area (Å²) >= 11 is 0. The van der Waals surface area contributed by atoms with Gasteiger partial charge in [0.05, 0.1) is 11.3 Å². The molecule has 0 atom stereocenters. The van der Waals surface area contributed by atoms with Crippen molar-refractivity contribution in [1.82, 2.24) is 5.32 Å². The number of carbonyl (C=O) groups excluding carboxylic acids is 3. The first-order valence-electron chi connectivity index (χ1n) is 8.13. The van der Waals surface area contributed by atoms with Crippen LogP contribution in [0.15, 0.2) is 42.5 Å². The lowest BCUT2D eigenvalue weighted by atomic mass is 9.97. The minimum atomic E-state index is -0.274. The molecule has 0 spiro atoms. The van der Waals surface area contributed by atoms with Gasteiger partial charge < -0.3 is 15.4 Å². The van der Waals surface area contributed by atoms with Crippen molar-refractivity contribution < 1.29 is 19.1 Å². The van der Waals surface area contributed by atoms with E-state index in [1.807, 2.05) is 0 Å². The average Bonchev–Trinajstić information content (AvgIpc) is 3.44. The molecule has 126 valence electrons. The average molecular weight is 336 g/mol. The van der Waals surface area contributed by atoms with Gasteiger partial charge in [-0.1, -0.05) is 18.2 Å². The summed E-state index contributed by atoms with van der Waals surface area (Å²) in [5, 5.41) is 5.59. The van der Waals surface area contributed by atoms with Crippen molar-refractivity contribution in [3.05, 3.63) is 59.2 Å². The third-order valence-electron chi connectivity index (χ3n) is 4.20. The van der Waals surface area contributed by atoms with Gasteiger partial charge in [0.15, 0.2) is 12.4 Å². The molecule has 1 heterocycles. The third kappa shape index (κ3) is 3.10. The summed E-state index contributed by atoms with van der Waals surface area (Å²) in [6.07, 6.45) is 1.96. The predicted molar refractivity (Wildman–Crippen MR) is 90.9 cm³/mol. The van der Waals surface area contributed by atoms with Crippen LogP contribution in [0.2, 0.25) is 0 Å². The molecule has 2 N–H and O–H groups in total. The van der Waals surface area contributed by atoms with Crippen molar-refractivity contribution in [2.24, 2.45) is 0 Å². The Morgan fingerprint density at radius 3 is 2.60 bits per heavy atom. The van der Waals surface area contributed by atoms with E-state index in [0.717, 1.165) is 12.8 Å². The number of ketones is 1. The minimum Gasteiger partial charge on any atom is -0.482 e. The summed E-state index contributed by atoms with van der Waals surface area (Å²) in [5.41, 5.74) is 1.54. The van der Waals surface area contributed by atoms with E-state index in [-0.39, 0.29) is 30.2 Å². The molecule has 1 aliphatic carbocycles. The lowest BCUT2D eigenvalue weighted by Crippen LogP contribution is -2.27. The fraction of sp³-hybridized carbons (Fsp3) is 0.211. The van der Waals surface area contributed by atoms with Crippen LogP contribution in [0.25, 0.3) is 0 Å². The van der Waals surface area contributed by atoms with E-state index in [2.05, 4.69) is 10.6 Å². The van der Waals surface area contributed by atoms with Crippen LogP contribution in [0.4, 0.5) is 5.69 Å². The second-order valence-electron chi connectivity index (χ2n) is 6.17. The Balaban J connectivity index is 1.66. The number of hydrogen-bond donors (Lipinski definition) is 2. The van der Waals surface area contributed by atoms with Crippen LogP contribution in [0.1, 0.15) is 39.1 Å². The van der Waals surface area contributed by atoms with E-state index >= 15 is 0 Å².